The van der Waals surface area contributed by atoms with E-state index in [0.29, 0.717) is 5.56 Å². The molecule has 0 aliphatic rings. The maximum absolute atomic E-state index is 13.7. The summed E-state index contributed by atoms with van der Waals surface area (Å²) in [6.45, 7) is 7.99. The van der Waals surface area contributed by atoms with E-state index in [-0.39, 0.29) is 39.1 Å². The van der Waals surface area contributed by atoms with Crippen molar-refractivity contribution in [3.63, 3.8) is 0 Å². The summed E-state index contributed by atoms with van der Waals surface area (Å²) in [6.07, 6.45) is -0.310. The highest BCUT2D eigenvalue weighted by Crippen LogP contribution is 2.36. The zero-order chi connectivity index (χ0) is 25.9. The average Bonchev–Trinajstić information content (AvgIpc) is 2.82. The number of alkyl halides is 3. The van der Waals surface area contributed by atoms with Gasteiger partial charge in [0, 0.05) is 22.4 Å². The van der Waals surface area contributed by atoms with Crippen LogP contribution in [0.3, 0.4) is 0 Å². The molecule has 5 nitrogen and oxygen atoms in total. The lowest BCUT2D eigenvalue weighted by molar-refractivity contribution is -0.137. The molecule has 2 aromatic carbocycles. The molecule has 1 heterocycles. The van der Waals surface area contributed by atoms with Gasteiger partial charge in [0.1, 0.15) is 11.3 Å². The number of carboxylic acids is 1. The Labute approximate surface area is 199 Å². The van der Waals surface area contributed by atoms with Gasteiger partial charge in [-0.3, -0.25) is 4.79 Å². The number of hydrogen-bond donors (Lipinski definition) is 2. The molecule has 0 spiro atoms. The van der Waals surface area contributed by atoms with Crippen LogP contribution in [0.15, 0.2) is 87.8 Å². The lowest BCUT2D eigenvalue weighted by Crippen LogP contribution is -2.22. The number of fused-ring (bicyclic) bond motifs is 1. The molecule has 3 rings (SSSR count). The van der Waals surface area contributed by atoms with Crippen LogP contribution in [-0.4, -0.2) is 11.1 Å². The van der Waals surface area contributed by atoms with E-state index >= 15 is 0 Å². The Hall–Kier alpha value is -4.07. The molecule has 0 aliphatic carbocycles. The molecule has 182 valence electrons. The SMILES string of the molecule is C=C/C=C\C(NC(C)c1cc(C(F)(F)F)cc2c(=O)c(C)c(-c3ccccc3)oc12)=C(/C)C(=O)O. The lowest BCUT2D eigenvalue weighted by Gasteiger charge is -2.21. The first kappa shape index (κ1) is 25.6. The second kappa shape index (κ2) is 10.0. The average molecular weight is 483 g/mol. The van der Waals surface area contributed by atoms with E-state index in [1.54, 1.807) is 37.3 Å². The first-order valence-electron chi connectivity index (χ1n) is 10.7. The van der Waals surface area contributed by atoms with Crippen LogP contribution in [0.5, 0.6) is 0 Å². The maximum atomic E-state index is 13.7. The Morgan fingerprint density at radius 1 is 1.20 bits per heavy atom. The van der Waals surface area contributed by atoms with E-state index in [9.17, 15) is 27.9 Å². The quantitative estimate of drug-likeness (QED) is 0.295. The summed E-state index contributed by atoms with van der Waals surface area (Å²) in [4.78, 5) is 24.7. The van der Waals surface area contributed by atoms with Crippen molar-refractivity contribution in [3.8, 4) is 11.3 Å². The monoisotopic (exact) mass is 483 g/mol. The predicted molar refractivity (Wildman–Crippen MR) is 129 cm³/mol. The highest BCUT2D eigenvalue weighted by atomic mass is 19.4. The van der Waals surface area contributed by atoms with Crippen molar-refractivity contribution in [1.82, 2.24) is 5.32 Å². The van der Waals surface area contributed by atoms with E-state index < -0.39 is 29.2 Å². The third-order valence-corrected chi connectivity index (χ3v) is 5.57. The van der Waals surface area contributed by atoms with Crippen LogP contribution in [0, 0.1) is 6.92 Å². The molecule has 1 atom stereocenters. The molecule has 1 unspecified atom stereocenters. The number of carbonyl (C=O) groups is 1. The molecule has 0 saturated heterocycles. The third kappa shape index (κ3) is 5.37. The Morgan fingerprint density at radius 3 is 2.43 bits per heavy atom. The molecule has 0 bridgehead atoms. The van der Waals surface area contributed by atoms with Crippen molar-refractivity contribution >= 4 is 16.9 Å². The zero-order valence-electron chi connectivity index (χ0n) is 19.4. The normalized spacial score (nSPS) is 13.5. The fourth-order valence-electron chi connectivity index (χ4n) is 3.64. The maximum Gasteiger partial charge on any atom is 0.416 e. The van der Waals surface area contributed by atoms with Crippen LogP contribution < -0.4 is 10.7 Å². The number of aliphatic carboxylic acids is 1. The molecule has 0 aliphatic heterocycles. The Morgan fingerprint density at radius 2 is 1.86 bits per heavy atom. The number of benzene rings is 2. The van der Waals surface area contributed by atoms with Gasteiger partial charge < -0.3 is 14.8 Å². The molecule has 0 saturated carbocycles. The van der Waals surface area contributed by atoms with Crippen molar-refractivity contribution in [1.29, 1.82) is 0 Å². The number of rotatable bonds is 7. The minimum atomic E-state index is -4.71. The minimum absolute atomic E-state index is 0.00696. The van der Waals surface area contributed by atoms with Crippen molar-refractivity contribution in [2.24, 2.45) is 0 Å². The van der Waals surface area contributed by atoms with Crippen LogP contribution in [0.25, 0.3) is 22.3 Å². The largest absolute Gasteiger partial charge is 0.478 e. The van der Waals surface area contributed by atoms with Gasteiger partial charge in [-0.05, 0) is 39.0 Å². The zero-order valence-corrected chi connectivity index (χ0v) is 19.4. The second-order valence-corrected chi connectivity index (χ2v) is 8.00. The van der Waals surface area contributed by atoms with Crippen molar-refractivity contribution in [2.75, 3.05) is 0 Å². The van der Waals surface area contributed by atoms with E-state index in [1.807, 2.05) is 0 Å². The van der Waals surface area contributed by atoms with Gasteiger partial charge in [0.25, 0.3) is 0 Å². The summed E-state index contributed by atoms with van der Waals surface area (Å²) in [5.41, 5.74) is -0.609. The van der Waals surface area contributed by atoms with Gasteiger partial charge in [-0.25, -0.2) is 4.79 Å². The molecule has 2 N–H and O–H groups in total. The molecule has 0 fully saturated rings. The van der Waals surface area contributed by atoms with E-state index in [2.05, 4.69) is 11.9 Å². The highest BCUT2D eigenvalue weighted by Gasteiger charge is 2.33. The van der Waals surface area contributed by atoms with Crippen LogP contribution in [-0.2, 0) is 11.0 Å². The summed E-state index contributed by atoms with van der Waals surface area (Å²) in [7, 11) is 0. The van der Waals surface area contributed by atoms with Gasteiger partial charge in [0.2, 0.25) is 0 Å². The number of carboxylic acid groups (broad SMARTS) is 1. The topological polar surface area (TPSA) is 79.5 Å². The predicted octanol–water partition coefficient (Wildman–Crippen LogP) is 6.54. The molecular formula is C27H24F3NO4. The van der Waals surface area contributed by atoms with Crippen LogP contribution in [0.1, 0.15) is 36.6 Å². The first-order chi connectivity index (χ1) is 16.5. The highest BCUT2D eigenvalue weighted by molar-refractivity contribution is 5.87. The van der Waals surface area contributed by atoms with Gasteiger partial charge >= 0.3 is 12.1 Å². The molecule has 3 aromatic rings. The van der Waals surface area contributed by atoms with Gasteiger partial charge in [-0.15, -0.1) is 0 Å². The number of allylic oxidation sites excluding steroid dienone is 3. The van der Waals surface area contributed by atoms with Gasteiger partial charge in [0.05, 0.1) is 22.6 Å². The molecule has 8 heteroatoms. The molecular weight excluding hydrogens is 459 g/mol. The number of hydrogen-bond acceptors (Lipinski definition) is 4. The van der Waals surface area contributed by atoms with Crippen LogP contribution in [0.4, 0.5) is 13.2 Å². The standard InChI is InChI=1S/C27H24F3NO4/c1-5-6-12-22(15(2)26(33)34)31-17(4)20-13-19(27(28,29)30)14-21-23(32)16(3)24(35-25(20)21)18-10-8-7-9-11-18/h5-14,17,31H,1H2,2-4H3,(H,33,34)/b12-6-,22-15-. The first-order valence-corrected chi connectivity index (χ1v) is 10.7. The summed E-state index contributed by atoms with van der Waals surface area (Å²) in [5, 5.41) is 12.2. The van der Waals surface area contributed by atoms with E-state index in [4.69, 9.17) is 4.42 Å². The fourth-order valence-corrected chi connectivity index (χ4v) is 3.64. The third-order valence-electron chi connectivity index (χ3n) is 5.57. The van der Waals surface area contributed by atoms with Gasteiger partial charge in [-0.1, -0.05) is 49.1 Å². The van der Waals surface area contributed by atoms with Gasteiger partial charge in [-0.2, -0.15) is 13.2 Å². The van der Waals surface area contributed by atoms with E-state index in [1.165, 1.54) is 32.1 Å². The Balaban J connectivity index is 2.31. The van der Waals surface area contributed by atoms with Crippen LogP contribution >= 0.6 is 0 Å². The Kier molecular flexibility index (Phi) is 7.34. The fraction of sp³-hybridized carbons (Fsp3) is 0.185. The molecule has 0 radical (unpaired) electrons. The summed E-state index contributed by atoms with van der Waals surface area (Å²) in [5.74, 6) is -0.948. The minimum Gasteiger partial charge on any atom is -0.478 e. The summed E-state index contributed by atoms with van der Waals surface area (Å²) >= 11 is 0. The number of nitrogens with one attached hydrogen (secondary N) is 1. The summed E-state index contributed by atoms with van der Waals surface area (Å²) in [6, 6.07) is 9.63. The summed E-state index contributed by atoms with van der Waals surface area (Å²) < 4.78 is 47.3. The van der Waals surface area contributed by atoms with Crippen molar-refractivity contribution in [3.05, 3.63) is 105 Å². The van der Waals surface area contributed by atoms with Crippen molar-refractivity contribution in [2.45, 2.75) is 33.0 Å². The molecule has 0 amide bonds. The lowest BCUT2D eigenvalue weighted by atomic mass is 9.98. The Bertz CT molecular complexity index is 1400. The molecule has 1 aromatic heterocycles. The van der Waals surface area contributed by atoms with Crippen LogP contribution in [0.2, 0.25) is 0 Å². The van der Waals surface area contributed by atoms with E-state index in [0.717, 1.165) is 12.1 Å². The second-order valence-electron chi connectivity index (χ2n) is 8.00. The van der Waals surface area contributed by atoms with Gasteiger partial charge in [0.15, 0.2) is 5.43 Å². The molecule has 35 heavy (non-hydrogen) atoms. The van der Waals surface area contributed by atoms with Crippen molar-refractivity contribution < 1.29 is 27.5 Å². The number of halogens is 3. The smallest absolute Gasteiger partial charge is 0.416 e.